The van der Waals surface area contributed by atoms with E-state index < -0.39 is 6.10 Å². The lowest BCUT2D eigenvalue weighted by Crippen LogP contribution is -2.60. The number of aryl methyl sites for hydroxylation is 1. The van der Waals surface area contributed by atoms with Gasteiger partial charge in [0.25, 0.3) is 5.91 Å². The van der Waals surface area contributed by atoms with E-state index in [-0.39, 0.29) is 29.6 Å². The number of aliphatic hydroxyl groups excluding tert-OH is 1. The van der Waals surface area contributed by atoms with E-state index in [1.807, 2.05) is 36.1 Å². The molecule has 0 bridgehead atoms. The van der Waals surface area contributed by atoms with E-state index in [0.717, 1.165) is 43.5 Å². The molecule has 0 radical (unpaired) electrons. The highest BCUT2D eigenvalue weighted by Crippen LogP contribution is 2.26. The molecule has 2 aliphatic rings. The van der Waals surface area contributed by atoms with Crippen molar-refractivity contribution in [3.05, 3.63) is 41.6 Å². The number of carbonyl (C=O) groups is 2. The van der Waals surface area contributed by atoms with Crippen molar-refractivity contribution in [2.24, 2.45) is 0 Å². The Balaban J connectivity index is 1.37. The number of aliphatic hydroxyl groups is 1. The summed E-state index contributed by atoms with van der Waals surface area (Å²) in [5.74, 6) is 0.287. The maximum absolute atomic E-state index is 12.8. The fourth-order valence-corrected chi connectivity index (χ4v) is 4.56. The van der Waals surface area contributed by atoms with Gasteiger partial charge in [0.2, 0.25) is 5.91 Å². The second-order valence-corrected chi connectivity index (χ2v) is 8.55. The molecule has 1 aliphatic carbocycles. The lowest BCUT2D eigenvalue weighted by Gasteiger charge is -2.44. The highest BCUT2D eigenvalue weighted by Gasteiger charge is 2.37. The maximum Gasteiger partial charge on any atom is 0.273 e. The highest BCUT2D eigenvalue weighted by atomic mass is 16.5. The average Bonchev–Trinajstić information content (AvgIpc) is 3.26. The summed E-state index contributed by atoms with van der Waals surface area (Å²) in [6.45, 7) is 6.43. The number of piperazine rings is 1. The van der Waals surface area contributed by atoms with Crippen LogP contribution in [0.2, 0.25) is 0 Å². The molecule has 1 saturated heterocycles. The Hall–Kier alpha value is -2.71. The third-order valence-corrected chi connectivity index (χ3v) is 6.45. The number of hydrogen-bond donors (Lipinski definition) is 2. The minimum Gasteiger partial charge on any atom is -0.389 e. The molecule has 2 aromatic rings. The van der Waals surface area contributed by atoms with Gasteiger partial charge in [0.1, 0.15) is 0 Å². The van der Waals surface area contributed by atoms with Gasteiger partial charge in [0, 0.05) is 50.8 Å². The number of carbonyl (C=O) groups excluding carboxylic acids is 2. The first kappa shape index (κ1) is 21.5. The summed E-state index contributed by atoms with van der Waals surface area (Å²) in [7, 11) is 0. The molecule has 2 amide bonds. The van der Waals surface area contributed by atoms with Crippen LogP contribution in [-0.4, -0.2) is 76.2 Å². The van der Waals surface area contributed by atoms with Crippen LogP contribution < -0.4 is 5.32 Å². The van der Waals surface area contributed by atoms with Gasteiger partial charge in [-0.2, -0.15) is 0 Å². The Morgan fingerprint density at radius 3 is 2.52 bits per heavy atom. The van der Waals surface area contributed by atoms with Gasteiger partial charge < -0.3 is 19.8 Å². The lowest BCUT2D eigenvalue weighted by atomic mass is 9.86. The van der Waals surface area contributed by atoms with Crippen LogP contribution in [0.5, 0.6) is 0 Å². The largest absolute Gasteiger partial charge is 0.389 e. The molecule has 31 heavy (non-hydrogen) atoms. The monoisotopic (exact) mass is 426 g/mol. The number of rotatable bonds is 4. The van der Waals surface area contributed by atoms with Crippen LogP contribution in [0, 0.1) is 6.92 Å². The lowest BCUT2D eigenvalue weighted by molar-refractivity contribution is -0.131. The first-order valence-electron chi connectivity index (χ1n) is 10.9. The Bertz CT molecular complexity index is 918. The molecule has 8 nitrogen and oxygen atoms in total. The summed E-state index contributed by atoms with van der Waals surface area (Å²) >= 11 is 0. The molecule has 0 spiro atoms. The summed E-state index contributed by atoms with van der Waals surface area (Å²) < 4.78 is 5.36. The Kier molecular flexibility index (Phi) is 6.38. The number of nitrogens with zero attached hydrogens (tertiary/aromatic N) is 3. The molecule has 4 rings (SSSR count). The smallest absolute Gasteiger partial charge is 0.273 e. The second kappa shape index (κ2) is 9.20. The molecule has 1 aliphatic heterocycles. The van der Waals surface area contributed by atoms with E-state index in [1.54, 1.807) is 13.0 Å². The van der Waals surface area contributed by atoms with Crippen molar-refractivity contribution in [3.63, 3.8) is 0 Å². The minimum absolute atomic E-state index is 0.0198. The fourth-order valence-electron chi connectivity index (χ4n) is 4.56. The van der Waals surface area contributed by atoms with Gasteiger partial charge >= 0.3 is 0 Å². The van der Waals surface area contributed by atoms with Gasteiger partial charge in [-0.05, 0) is 26.2 Å². The third kappa shape index (κ3) is 4.80. The van der Waals surface area contributed by atoms with E-state index in [9.17, 15) is 14.7 Å². The quantitative estimate of drug-likeness (QED) is 0.774. The summed E-state index contributed by atoms with van der Waals surface area (Å²) in [4.78, 5) is 28.4. The highest BCUT2D eigenvalue weighted by molar-refractivity contribution is 5.93. The van der Waals surface area contributed by atoms with Crippen molar-refractivity contribution in [2.75, 3.05) is 26.2 Å². The standard InChI is InChI=1S/C23H30N4O4/c1-15-6-8-17(9-7-15)21-14-19(25-31-21)23(30)24-18-4-3-5-20(22(18)29)27-12-10-26(11-13-27)16(2)28/h6-9,14,18,20,22,29H,3-5,10-13H2,1-2H3,(H,24,30)/t18-,20-,22-/m1/s1. The molecule has 2 fully saturated rings. The van der Waals surface area contributed by atoms with Gasteiger partial charge in [-0.1, -0.05) is 35.0 Å². The van der Waals surface area contributed by atoms with E-state index in [1.165, 1.54) is 0 Å². The molecule has 1 saturated carbocycles. The van der Waals surface area contributed by atoms with Crippen LogP contribution in [0.4, 0.5) is 0 Å². The van der Waals surface area contributed by atoms with Crippen molar-refractivity contribution < 1.29 is 19.2 Å². The minimum atomic E-state index is -0.662. The first-order valence-corrected chi connectivity index (χ1v) is 10.9. The maximum atomic E-state index is 12.8. The topological polar surface area (TPSA) is 98.9 Å². The Morgan fingerprint density at radius 1 is 1.13 bits per heavy atom. The predicted octanol–water partition coefficient (Wildman–Crippen LogP) is 1.83. The van der Waals surface area contributed by atoms with E-state index in [2.05, 4.69) is 15.4 Å². The van der Waals surface area contributed by atoms with Crippen LogP contribution in [0.15, 0.2) is 34.9 Å². The zero-order chi connectivity index (χ0) is 22.0. The van der Waals surface area contributed by atoms with Gasteiger partial charge in [-0.3, -0.25) is 14.5 Å². The van der Waals surface area contributed by atoms with E-state index in [0.29, 0.717) is 18.8 Å². The molecule has 1 aromatic heterocycles. The van der Waals surface area contributed by atoms with Crippen molar-refractivity contribution >= 4 is 11.8 Å². The zero-order valence-electron chi connectivity index (χ0n) is 18.1. The SMILES string of the molecule is CC(=O)N1CCN([C@@H]2CCC[C@@H](NC(=O)c3cc(-c4ccc(C)cc4)on3)[C@H]2O)CC1. The van der Waals surface area contributed by atoms with Crippen molar-refractivity contribution in [1.82, 2.24) is 20.3 Å². The molecular weight excluding hydrogens is 396 g/mol. The van der Waals surface area contributed by atoms with Crippen LogP contribution in [-0.2, 0) is 4.79 Å². The van der Waals surface area contributed by atoms with Crippen molar-refractivity contribution in [3.8, 4) is 11.3 Å². The van der Waals surface area contributed by atoms with Crippen LogP contribution in [0.25, 0.3) is 11.3 Å². The molecule has 8 heteroatoms. The van der Waals surface area contributed by atoms with Crippen LogP contribution in [0.1, 0.15) is 42.2 Å². The van der Waals surface area contributed by atoms with Gasteiger partial charge in [-0.15, -0.1) is 0 Å². The van der Waals surface area contributed by atoms with E-state index >= 15 is 0 Å². The number of nitrogens with one attached hydrogen (secondary N) is 1. The fraction of sp³-hybridized carbons (Fsp3) is 0.522. The predicted molar refractivity (Wildman–Crippen MR) is 115 cm³/mol. The summed E-state index contributed by atoms with van der Waals surface area (Å²) in [5.41, 5.74) is 2.21. The van der Waals surface area contributed by atoms with Gasteiger partial charge in [0.05, 0.1) is 12.1 Å². The number of benzene rings is 1. The molecule has 2 N–H and O–H groups in total. The van der Waals surface area contributed by atoms with Crippen LogP contribution in [0.3, 0.4) is 0 Å². The summed E-state index contributed by atoms with van der Waals surface area (Å²) in [6.07, 6.45) is 1.87. The van der Waals surface area contributed by atoms with Crippen molar-refractivity contribution in [2.45, 2.75) is 51.3 Å². The normalized spacial score (nSPS) is 24.7. The Morgan fingerprint density at radius 2 is 1.84 bits per heavy atom. The van der Waals surface area contributed by atoms with E-state index in [4.69, 9.17) is 4.52 Å². The number of aromatic nitrogens is 1. The molecular formula is C23H30N4O4. The zero-order valence-corrected chi connectivity index (χ0v) is 18.1. The van der Waals surface area contributed by atoms with Crippen LogP contribution >= 0.6 is 0 Å². The average molecular weight is 427 g/mol. The molecule has 0 unspecified atom stereocenters. The number of hydrogen-bond acceptors (Lipinski definition) is 6. The molecule has 166 valence electrons. The molecule has 3 atom stereocenters. The summed E-state index contributed by atoms with van der Waals surface area (Å²) in [5, 5.41) is 17.9. The number of amides is 2. The van der Waals surface area contributed by atoms with Gasteiger partial charge in [-0.25, -0.2) is 0 Å². The third-order valence-electron chi connectivity index (χ3n) is 6.45. The second-order valence-electron chi connectivity index (χ2n) is 8.55. The Labute approximate surface area is 182 Å². The van der Waals surface area contributed by atoms with Crippen molar-refractivity contribution in [1.29, 1.82) is 0 Å². The molecule has 1 aromatic carbocycles. The summed E-state index contributed by atoms with van der Waals surface area (Å²) in [6, 6.07) is 9.09. The van der Waals surface area contributed by atoms with Gasteiger partial charge in [0.15, 0.2) is 11.5 Å². The molecule has 2 heterocycles. The first-order chi connectivity index (χ1) is 14.9.